The maximum atomic E-state index is 12.1. The first-order valence-electron chi connectivity index (χ1n) is 8.32. The molecule has 0 saturated heterocycles. The van der Waals surface area contributed by atoms with Crippen molar-refractivity contribution in [2.75, 3.05) is 13.2 Å². The number of imide groups is 1. The van der Waals surface area contributed by atoms with Crippen LogP contribution in [-0.4, -0.2) is 43.5 Å². The smallest absolute Gasteiger partial charge is 0.387 e. The number of nitrogens with two attached hydrogens (primary N) is 1. The zero-order chi connectivity index (χ0) is 22.1. The Balaban J connectivity index is 1.89. The van der Waals surface area contributed by atoms with Crippen molar-refractivity contribution in [2.45, 2.75) is 6.61 Å². The Morgan fingerprint density at radius 1 is 0.967 bits per heavy atom. The maximum Gasteiger partial charge on any atom is 0.387 e. The molecule has 3 amide bonds. The molecule has 0 saturated carbocycles. The molecule has 0 bridgehead atoms. The number of primary amides is 1. The molecule has 2 rings (SSSR count). The summed E-state index contributed by atoms with van der Waals surface area (Å²) in [4.78, 5) is 46.8. The van der Waals surface area contributed by atoms with E-state index in [0.29, 0.717) is 0 Å². The fourth-order valence-corrected chi connectivity index (χ4v) is 2.14. The van der Waals surface area contributed by atoms with Gasteiger partial charge >= 0.3 is 12.6 Å². The highest BCUT2D eigenvalue weighted by Crippen LogP contribution is 2.19. The maximum absolute atomic E-state index is 12.1. The van der Waals surface area contributed by atoms with Crippen LogP contribution in [0.1, 0.15) is 20.7 Å². The van der Waals surface area contributed by atoms with Gasteiger partial charge in [0.25, 0.3) is 17.7 Å². The second kappa shape index (κ2) is 10.5. The average molecular weight is 422 g/mol. The van der Waals surface area contributed by atoms with Crippen molar-refractivity contribution < 1.29 is 42.2 Å². The SMILES string of the molecule is NC(=O)COc1ccccc1C(=O)OCC(=O)NC(=O)c1ccc(OC(F)F)cc1. The van der Waals surface area contributed by atoms with Gasteiger partial charge in [0.05, 0.1) is 0 Å². The van der Waals surface area contributed by atoms with E-state index < -0.39 is 43.5 Å². The van der Waals surface area contributed by atoms with E-state index in [2.05, 4.69) is 4.74 Å². The molecule has 9 nitrogen and oxygen atoms in total. The zero-order valence-corrected chi connectivity index (χ0v) is 15.3. The number of rotatable bonds is 9. The average Bonchev–Trinajstić information content (AvgIpc) is 2.70. The molecule has 0 radical (unpaired) electrons. The molecular formula is C19H16F2N2O7. The third kappa shape index (κ3) is 6.86. The first kappa shape index (κ1) is 22.3. The standard InChI is InChI=1S/C19H16F2N2O7/c20-19(21)30-12-7-5-11(6-8-12)17(26)23-16(25)10-29-18(27)13-3-1-2-4-14(13)28-9-15(22)24/h1-8,19H,9-10H2,(H2,22,24)(H,23,25,26). The molecule has 158 valence electrons. The minimum Gasteiger partial charge on any atom is -0.483 e. The quantitative estimate of drug-likeness (QED) is 0.581. The predicted molar refractivity (Wildman–Crippen MR) is 97.0 cm³/mol. The Labute approximate surface area is 168 Å². The Morgan fingerprint density at radius 3 is 2.27 bits per heavy atom. The van der Waals surface area contributed by atoms with Crippen molar-refractivity contribution in [3.8, 4) is 11.5 Å². The summed E-state index contributed by atoms with van der Waals surface area (Å²) in [6.07, 6.45) is 0. The second-order valence-electron chi connectivity index (χ2n) is 5.61. The summed E-state index contributed by atoms with van der Waals surface area (Å²) in [5, 5.41) is 1.98. The second-order valence-corrected chi connectivity index (χ2v) is 5.61. The third-order valence-electron chi connectivity index (χ3n) is 3.41. The van der Waals surface area contributed by atoms with Gasteiger partial charge in [-0.05, 0) is 36.4 Å². The van der Waals surface area contributed by atoms with E-state index in [1.807, 2.05) is 5.32 Å². The van der Waals surface area contributed by atoms with E-state index in [9.17, 15) is 28.0 Å². The van der Waals surface area contributed by atoms with Gasteiger partial charge in [0, 0.05) is 5.56 Å². The van der Waals surface area contributed by atoms with E-state index in [1.54, 1.807) is 6.07 Å². The van der Waals surface area contributed by atoms with Gasteiger partial charge in [-0.25, -0.2) is 4.79 Å². The summed E-state index contributed by atoms with van der Waals surface area (Å²) in [6, 6.07) is 10.4. The summed E-state index contributed by atoms with van der Waals surface area (Å²) in [5.74, 6) is -3.54. The van der Waals surface area contributed by atoms with Crippen LogP contribution in [-0.2, 0) is 14.3 Å². The van der Waals surface area contributed by atoms with Gasteiger partial charge < -0.3 is 19.9 Å². The molecule has 0 aromatic heterocycles. The number of ether oxygens (including phenoxy) is 3. The number of alkyl halides is 2. The number of halogens is 2. The van der Waals surface area contributed by atoms with Crippen LogP contribution in [0.5, 0.6) is 11.5 Å². The summed E-state index contributed by atoms with van der Waals surface area (Å²) < 4.78 is 38.3. The number of benzene rings is 2. The highest BCUT2D eigenvalue weighted by atomic mass is 19.3. The van der Waals surface area contributed by atoms with Crippen molar-refractivity contribution in [2.24, 2.45) is 5.73 Å². The molecule has 0 atom stereocenters. The van der Waals surface area contributed by atoms with Crippen LogP contribution in [0.2, 0.25) is 0 Å². The summed E-state index contributed by atoms with van der Waals surface area (Å²) in [6.45, 7) is -4.24. The lowest BCUT2D eigenvalue weighted by Gasteiger charge is -2.10. The molecule has 0 fully saturated rings. The van der Waals surface area contributed by atoms with Gasteiger partial charge in [0.2, 0.25) is 0 Å². The van der Waals surface area contributed by atoms with Gasteiger partial charge in [-0.1, -0.05) is 12.1 Å². The molecule has 0 aliphatic heterocycles. The molecule has 0 aliphatic rings. The van der Waals surface area contributed by atoms with Crippen molar-refractivity contribution in [1.29, 1.82) is 0 Å². The number of amides is 3. The van der Waals surface area contributed by atoms with Crippen LogP contribution in [0.3, 0.4) is 0 Å². The number of hydrogen-bond donors (Lipinski definition) is 2. The molecule has 11 heteroatoms. The fourth-order valence-electron chi connectivity index (χ4n) is 2.14. The van der Waals surface area contributed by atoms with Gasteiger partial charge in [-0.15, -0.1) is 0 Å². The first-order valence-corrected chi connectivity index (χ1v) is 8.32. The topological polar surface area (TPSA) is 134 Å². The van der Waals surface area contributed by atoms with Crippen LogP contribution in [0.15, 0.2) is 48.5 Å². The lowest BCUT2D eigenvalue weighted by Crippen LogP contribution is -2.34. The predicted octanol–water partition coefficient (Wildman–Crippen LogP) is 1.27. The molecule has 0 heterocycles. The number of nitrogens with one attached hydrogen (secondary N) is 1. The highest BCUT2D eigenvalue weighted by molar-refractivity contribution is 6.05. The lowest BCUT2D eigenvalue weighted by molar-refractivity contribution is -0.123. The normalized spacial score (nSPS) is 10.2. The van der Waals surface area contributed by atoms with Crippen LogP contribution in [0, 0.1) is 0 Å². The largest absolute Gasteiger partial charge is 0.483 e. The third-order valence-corrected chi connectivity index (χ3v) is 3.41. The van der Waals surface area contributed by atoms with Gasteiger partial charge in [-0.2, -0.15) is 8.78 Å². The first-order chi connectivity index (χ1) is 14.3. The molecule has 0 unspecified atom stereocenters. The van der Waals surface area contributed by atoms with Crippen LogP contribution >= 0.6 is 0 Å². The molecular weight excluding hydrogens is 406 g/mol. The molecule has 2 aromatic carbocycles. The van der Waals surface area contributed by atoms with Gasteiger partial charge in [0.1, 0.15) is 17.1 Å². The highest BCUT2D eigenvalue weighted by Gasteiger charge is 2.17. The van der Waals surface area contributed by atoms with Crippen molar-refractivity contribution in [1.82, 2.24) is 5.32 Å². The van der Waals surface area contributed by atoms with E-state index in [1.165, 1.54) is 30.3 Å². The number of carbonyl (C=O) groups excluding carboxylic acids is 4. The van der Waals surface area contributed by atoms with E-state index in [0.717, 1.165) is 12.1 Å². The monoisotopic (exact) mass is 422 g/mol. The van der Waals surface area contributed by atoms with Crippen molar-refractivity contribution in [3.63, 3.8) is 0 Å². The van der Waals surface area contributed by atoms with Gasteiger partial charge in [0.15, 0.2) is 13.2 Å². The summed E-state index contributed by atoms with van der Waals surface area (Å²) in [5.41, 5.74) is 4.94. The Morgan fingerprint density at radius 2 is 1.63 bits per heavy atom. The van der Waals surface area contributed by atoms with Crippen molar-refractivity contribution in [3.05, 3.63) is 59.7 Å². The zero-order valence-electron chi connectivity index (χ0n) is 15.3. The Bertz CT molecular complexity index is 933. The molecule has 0 spiro atoms. The minimum atomic E-state index is -3.01. The molecule has 30 heavy (non-hydrogen) atoms. The number of para-hydroxylation sites is 1. The van der Waals surface area contributed by atoms with E-state index in [-0.39, 0.29) is 22.6 Å². The number of esters is 1. The van der Waals surface area contributed by atoms with E-state index >= 15 is 0 Å². The summed E-state index contributed by atoms with van der Waals surface area (Å²) in [7, 11) is 0. The number of hydrogen-bond acceptors (Lipinski definition) is 7. The molecule has 3 N–H and O–H groups in total. The van der Waals surface area contributed by atoms with Crippen molar-refractivity contribution >= 4 is 23.7 Å². The van der Waals surface area contributed by atoms with Gasteiger partial charge in [-0.3, -0.25) is 19.7 Å². The van der Waals surface area contributed by atoms with Crippen LogP contribution in [0.4, 0.5) is 8.78 Å². The fraction of sp³-hybridized carbons (Fsp3) is 0.158. The molecule has 2 aromatic rings. The number of carbonyl (C=O) groups is 4. The summed E-state index contributed by atoms with van der Waals surface area (Å²) >= 11 is 0. The lowest BCUT2D eigenvalue weighted by atomic mass is 10.2. The molecule has 0 aliphatic carbocycles. The van der Waals surface area contributed by atoms with E-state index in [4.69, 9.17) is 15.2 Å². The Hall–Kier alpha value is -4.02. The Kier molecular flexibility index (Phi) is 7.80. The minimum absolute atomic E-state index is 0.00138. The van der Waals surface area contributed by atoms with Crippen LogP contribution in [0.25, 0.3) is 0 Å². The van der Waals surface area contributed by atoms with Crippen LogP contribution < -0.4 is 20.5 Å².